The maximum Gasteiger partial charge on any atom is 0.228 e. The fourth-order valence-electron chi connectivity index (χ4n) is 2.04. The van der Waals surface area contributed by atoms with Crippen LogP contribution >= 0.6 is 0 Å². The Balaban J connectivity index is 2.59. The van der Waals surface area contributed by atoms with E-state index in [2.05, 4.69) is 6.07 Å². The summed E-state index contributed by atoms with van der Waals surface area (Å²) in [4.78, 5) is 13.9. The van der Waals surface area contributed by atoms with Gasteiger partial charge in [0.15, 0.2) is 0 Å². The van der Waals surface area contributed by atoms with Crippen molar-refractivity contribution in [1.29, 1.82) is 5.26 Å². The van der Waals surface area contributed by atoms with E-state index in [-0.39, 0.29) is 23.8 Å². The third-order valence-electron chi connectivity index (χ3n) is 3.10. The predicted molar refractivity (Wildman–Crippen MR) is 60.6 cm³/mol. The van der Waals surface area contributed by atoms with Gasteiger partial charge in [-0.2, -0.15) is 5.26 Å². The second-order valence-electron chi connectivity index (χ2n) is 4.38. The molecule has 4 heteroatoms. The average molecular weight is 224 g/mol. The molecule has 1 saturated heterocycles. The van der Waals surface area contributed by atoms with Crippen LogP contribution in [-0.4, -0.2) is 36.6 Å². The van der Waals surface area contributed by atoms with Crippen LogP contribution in [0.3, 0.4) is 0 Å². The topological polar surface area (TPSA) is 53.3 Å². The first-order chi connectivity index (χ1) is 7.60. The highest BCUT2D eigenvalue weighted by molar-refractivity contribution is 5.79. The van der Waals surface area contributed by atoms with E-state index in [9.17, 15) is 4.79 Å². The minimum atomic E-state index is -0.110. The lowest BCUT2D eigenvalue weighted by Crippen LogP contribution is -2.40. The van der Waals surface area contributed by atoms with Gasteiger partial charge in [0, 0.05) is 19.7 Å². The summed E-state index contributed by atoms with van der Waals surface area (Å²) in [5.41, 5.74) is 0. The van der Waals surface area contributed by atoms with E-state index >= 15 is 0 Å². The first kappa shape index (κ1) is 13.0. The van der Waals surface area contributed by atoms with Gasteiger partial charge >= 0.3 is 0 Å². The summed E-state index contributed by atoms with van der Waals surface area (Å²) < 4.78 is 5.40. The van der Waals surface area contributed by atoms with Crippen LogP contribution in [-0.2, 0) is 9.53 Å². The van der Waals surface area contributed by atoms with Crippen molar-refractivity contribution in [3.63, 3.8) is 0 Å². The number of amides is 1. The molecule has 0 radical (unpaired) electrons. The van der Waals surface area contributed by atoms with Crippen LogP contribution in [0.15, 0.2) is 0 Å². The van der Waals surface area contributed by atoms with E-state index in [1.54, 1.807) is 4.90 Å². The van der Waals surface area contributed by atoms with Crippen molar-refractivity contribution in [1.82, 2.24) is 4.90 Å². The maximum atomic E-state index is 12.2. The number of nitrogens with zero attached hydrogens (tertiary/aromatic N) is 2. The zero-order valence-electron chi connectivity index (χ0n) is 10.3. The average Bonchev–Trinajstić information content (AvgIpc) is 2.71. The van der Waals surface area contributed by atoms with Gasteiger partial charge in [-0.15, -0.1) is 0 Å². The summed E-state index contributed by atoms with van der Waals surface area (Å²) in [5.74, 6) is 0.00182. The van der Waals surface area contributed by atoms with Crippen LogP contribution in [0.1, 0.15) is 27.2 Å². The molecule has 0 saturated carbocycles. The molecule has 3 atom stereocenters. The molecule has 0 aromatic rings. The Labute approximate surface area is 97.2 Å². The lowest BCUT2D eigenvalue weighted by atomic mass is 10.0. The fourth-order valence-corrected chi connectivity index (χ4v) is 2.04. The van der Waals surface area contributed by atoms with Crippen LogP contribution in [0.4, 0.5) is 0 Å². The zero-order valence-corrected chi connectivity index (χ0v) is 10.3. The van der Waals surface area contributed by atoms with Crippen LogP contribution in [0.5, 0.6) is 0 Å². The molecule has 1 aliphatic rings. The largest absolute Gasteiger partial charge is 0.378 e. The molecule has 90 valence electrons. The van der Waals surface area contributed by atoms with Crippen molar-refractivity contribution in [3.05, 3.63) is 0 Å². The number of carbonyl (C=O) groups is 1. The Morgan fingerprint density at radius 2 is 2.38 bits per heavy atom. The van der Waals surface area contributed by atoms with Crippen molar-refractivity contribution in [2.24, 2.45) is 11.8 Å². The lowest BCUT2D eigenvalue weighted by Gasteiger charge is -2.26. The Hall–Kier alpha value is -1.08. The Bertz CT molecular complexity index is 285. The van der Waals surface area contributed by atoms with Crippen molar-refractivity contribution < 1.29 is 9.53 Å². The Kier molecular flexibility index (Phi) is 4.75. The lowest BCUT2D eigenvalue weighted by molar-refractivity contribution is -0.137. The van der Waals surface area contributed by atoms with Crippen molar-refractivity contribution >= 4 is 5.91 Å². The third kappa shape index (κ3) is 2.96. The summed E-state index contributed by atoms with van der Waals surface area (Å²) in [6, 6.07) is 2.16. The number of hydrogen-bond acceptors (Lipinski definition) is 3. The van der Waals surface area contributed by atoms with Gasteiger partial charge in [0.05, 0.1) is 24.0 Å². The molecule has 1 heterocycles. The molecule has 1 fully saturated rings. The molecule has 0 aliphatic carbocycles. The van der Waals surface area contributed by atoms with Gasteiger partial charge in [-0.1, -0.05) is 0 Å². The molecule has 4 nitrogen and oxygen atoms in total. The SMILES string of the molecule is CCN(CC(C)C#N)C(=O)C1CCOC1C. The Morgan fingerprint density at radius 1 is 1.69 bits per heavy atom. The first-order valence-corrected chi connectivity index (χ1v) is 5.90. The van der Waals surface area contributed by atoms with E-state index in [0.717, 1.165) is 6.42 Å². The van der Waals surface area contributed by atoms with E-state index in [4.69, 9.17) is 10.00 Å². The number of ether oxygens (including phenoxy) is 1. The molecule has 16 heavy (non-hydrogen) atoms. The number of nitriles is 1. The van der Waals surface area contributed by atoms with Crippen molar-refractivity contribution in [3.8, 4) is 6.07 Å². The molecule has 0 aromatic heterocycles. The molecule has 0 N–H and O–H groups in total. The molecule has 0 spiro atoms. The summed E-state index contributed by atoms with van der Waals surface area (Å²) >= 11 is 0. The van der Waals surface area contributed by atoms with Gasteiger partial charge in [-0.25, -0.2) is 0 Å². The van der Waals surface area contributed by atoms with Gasteiger partial charge in [0.2, 0.25) is 5.91 Å². The molecule has 0 aromatic carbocycles. The highest BCUT2D eigenvalue weighted by Crippen LogP contribution is 2.23. The molecular formula is C12H20N2O2. The second-order valence-corrected chi connectivity index (χ2v) is 4.38. The predicted octanol–water partition coefficient (Wildman–Crippen LogP) is 1.42. The van der Waals surface area contributed by atoms with E-state index in [1.807, 2.05) is 20.8 Å². The number of hydrogen-bond donors (Lipinski definition) is 0. The highest BCUT2D eigenvalue weighted by atomic mass is 16.5. The summed E-state index contributed by atoms with van der Waals surface area (Å²) in [5, 5.41) is 8.77. The van der Waals surface area contributed by atoms with Gasteiger partial charge in [-0.3, -0.25) is 4.79 Å². The van der Waals surface area contributed by atoms with Gasteiger partial charge in [-0.05, 0) is 27.2 Å². The number of rotatable bonds is 4. The van der Waals surface area contributed by atoms with Crippen LogP contribution in [0.2, 0.25) is 0 Å². The molecule has 1 aliphatic heterocycles. The molecule has 0 bridgehead atoms. The molecule has 1 rings (SSSR count). The van der Waals surface area contributed by atoms with E-state index in [0.29, 0.717) is 19.7 Å². The highest BCUT2D eigenvalue weighted by Gasteiger charge is 2.33. The number of carbonyl (C=O) groups excluding carboxylic acids is 1. The second kappa shape index (κ2) is 5.86. The normalized spacial score (nSPS) is 26.1. The standard InChI is InChI=1S/C12H20N2O2/c1-4-14(8-9(2)7-13)12(15)11-5-6-16-10(11)3/h9-11H,4-6,8H2,1-3H3. The van der Waals surface area contributed by atoms with E-state index in [1.165, 1.54) is 0 Å². The van der Waals surface area contributed by atoms with Crippen molar-refractivity contribution in [2.75, 3.05) is 19.7 Å². The van der Waals surface area contributed by atoms with Gasteiger partial charge in [0.1, 0.15) is 0 Å². The Morgan fingerprint density at radius 3 is 2.81 bits per heavy atom. The smallest absolute Gasteiger partial charge is 0.228 e. The minimum absolute atomic E-state index is 0.0129. The fraction of sp³-hybridized carbons (Fsp3) is 0.833. The monoisotopic (exact) mass is 224 g/mol. The van der Waals surface area contributed by atoms with Crippen LogP contribution in [0.25, 0.3) is 0 Å². The summed E-state index contributed by atoms with van der Waals surface area (Å²) in [6.45, 7) is 7.58. The van der Waals surface area contributed by atoms with Crippen LogP contribution in [0, 0.1) is 23.2 Å². The third-order valence-corrected chi connectivity index (χ3v) is 3.10. The summed E-state index contributed by atoms with van der Waals surface area (Å²) in [7, 11) is 0. The maximum absolute atomic E-state index is 12.2. The molecule has 3 unspecified atom stereocenters. The first-order valence-electron chi connectivity index (χ1n) is 5.90. The van der Waals surface area contributed by atoms with E-state index < -0.39 is 0 Å². The summed E-state index contributed by atoms with van der Waals surface area (Å²) in [6.07, 6.45) is 0.816. The quantitative estimate of drug-likeness (QED) is 0.725. The molecule has 1 amide bonds. The van der Waals surface area contributed by atoms with Crippen LogP contribution < -0.4 is 0 Å². The van der Waals surface area contributed by atoms with Crippen molar-refractivity contribution in [2.45, 2.75) is 33.3 Å². The van der Waals surface area contributed by atoms with Gasteiger partial charge in [0.25, 0.3) is 0 Å². The minimum Gasteiger partial charge on any atom is -0.378 e. The zero-order chi connectivity index (χ0) is 12.1. The van der Waals surface area contributed by atoms with Gasteiger partial charge < -0.3 is 9.64 Å². The molecular weight excluding hydrogens is 204 g/mol.